The Morgan fingerprint density at radius 3 is 2.13 bits per heavy atom. The molecule has 250 valence electrons. The molecule has 0 aliphatic carbocycles. The lowest BCUT2D eigenvalue weighted by atomic mass is 9.89. The van der Waals surface area contributed by atoms with Crippen LogP contribution in [0.4, 0.5) is 11.4 Å². The van der Waals surface area contributed by atoms with Gasteiger partial charge in [-0.15, -0.1) is 0 Å². The van der Waals surface area contributed by atoms with Gasteiger partial charge in [0.25, 0.3) is 0 Å². The number of rotatable bonds is 3. The Balaban J connectivity index is 1.11. The number of benzene rings is 8. The predicted molar refractivity (Wildman–Crippen MR) is 227 cm³/mol. The van der Waals surface area contributed by atoms with Gasteiger partial charge in [-0.25, -0.2) is 0 Å². The first-order chi connectivity index (χ1) is 26.3. The Hall–Kier alpha value is -6.25. The van der Waals surface area contributed by atoms with E-state index in [4.69, 9.17) is 14.3 Å². The molecule has 0 spiro atoms. The fourth-order valence-electron chi connectivity index (χ4n) is 8.37. The minimum absolute atomic E-state index is 0.566. The van der Waals surface area contributed by atoms with Crippen molar-refractivity contribution >= 4 is 105 Å². The zero-order valence-corrected chi connectivity index (χ0v) is 30.4. The Morgan fingerprint density at radius 2 is 1.25 bits per heavy atom. The fourth-order valence-corrected chi connectivity index (χ4v) is 11.1. The van der Waals surface area contributed by atoms with Crippen molar-refractivity contribution in [3.8, 4) is 11.1 Å². The van der Waals surface area contributed by atoms with Gasteiger partial charge in [-0.3, -0.25) is 0 Å². The van der Waals surface area contributed by atoms with E-state index in [1.165, 1.54) is 47.9 Å². The predicted octanol–water partition coefficient (Wildman–Crippen LogP) is 12.9. The lowest BCUT2D eigenvalue weighted by Gasteiger charge is -2.29. The average Bonchev–Trinajstić information content (AvgIpc) is 3.92. The number of hydrogen-bond donors (Lipinski definition) is 0. The van der Waals surface area contributed by atoms with Crippen molar-refractivity contribution < 1.29 is 13.5 Å². The van der Waals surface area contributed by atoms with Crippen LogP contribution in [0.15, 0.2) is 167 Å². The Morgan fingerprint density at radius 1 is 0.547 bits per heavy atom. The molecule has 53 heavy (non-hydrogen) atoms. The molecule has 2 aromatic heterocycles. The Labute approximate surface area is 313 Å². The van der Waals surface area contributed by atoms with Gasteiger partial charge in [0.05, 0.1) is 0 Å². The monoisotopic (exact) mass is 793 g/mol. The lowest BCUT2D eigenvalue weighted by Crippen LogP contribution is -2.30. The number of halogens is 1. The molecule has 0 atom stereocenters. The maximum atomic E-state index is 6.57. The highest BCUT2D eigenvalue weighted by Crippen LogP contribution is 2.52. The fraction of sp³-hybridized carbons (Fsp3) is 0.0213. The van der Waals surface area contributed by atoms with E-state index in [9.17, 15) is 0 Å². The third kappa shape index (κ3) is 4.30. The maximum Gasteiger partial charge on any atom is 0.302 e. The average molecular weight is 794 g/mol. The third-order valence-corrected chi connectivity index (χ3v) is 13.6. The van der Waals surface area contributed by atoms with Gasteiger partial charge in [-0.2, -0.15) is 4.90 Å². The number of para-hydroxylation sites is 3. The first kappa shape index (κ1) is 29.3. The molecule has 2 aliphatic heterocycles. The topological polar surface area (TPSA) is 46.6 Å². The van der Waals surface area contributed by atoms with Crippen molar-refractivity contribution in [2.24, 2.45) is 0 Å². The summed E-state index contributed by atoms with van der Waals surface area (Å²) in [5.41, 5.74) is 16.2. The van der Waals surface area contributed by atoms with E-state index in [0.29, 0.717) is 6.54 Å². The highest BCUT2D eigenvalue weighted by molar-refractivity contribution is 14.2. The summed E-state index contributed by atoms with van der Waals surface area (Å²) < 4.78 is 17.5. The molecule has 0 fully saturated rings. The minimum atomic E-state index is -0.788. The van der Waals surface area contributed by atoms with Gasteiger partial charge >= 0.3 is 3.84 Å². The molecule has 0 unspecified atom stereocenters. The molecule has 4 heterocycles. The van der Waals surface area contributed by atoms with Crippen LogP contribution in [0.25, 0.3) is 82.0 Å². The molecule has 8 aromatic carbocycles. The molecule has 10 aromatic rings. The van der Waals surface area contributed by atoms with Crippen LogP contribution < -0.4 is 4.90 Å². The number of hydrogen-bond acceptors (Lipinski definition) is 3. The summed E-state index contributed by atoms with van der Waals surface area (Å²) >= 11 is -0.788. The molecule has 2 aliphatic rings. The molecule has 0 saturated heterocycles. The van der Waals surface area contributed by atoms with E-state index in [0.717, 1.165) is 58.6 Å². The van der Waals surface area contributed by atoms with Crippen LogP contribution in [-0.2, 0) is 6.54 Å². The molecule has 0 radical (unpaired) electrons. The van der Waals surface area contributed by atoms with Gasteiger partial charge in [0, 0.05) is 43.4 Å². The normalized spacial score (nSPS) is 14.0. The summed E-state index contributed by atoms with van der Waals surface area (Å²) in [5.74, 6) is 0. The van der Waals surface area contributed by atoms with Gasteiger partial charge in [0.2, 0.25) is 0 Å². The maximum absolute atomic E-state index is 6.57. The van der Waals surface area contributed by atoms with Crippen molar-refractivity contribution in [3.63, 3.8) is 0 Å². The van der Waals surface area contributed by atoms with E-state index in [1.807, 2.05) is 18.2 Å². The molecule has 0 amide bonds. The molecule has 0 N–H and O–H groups in total. The van der Waals surface area contributed by atoms with Gasteiger partial charge in [-0.05, 0) is 79.0 Å². The first-order valence-corrected chi connectivity index (χ1v) is 20.0. The summed E-state index contributed by atoms with van der Waals surface area (Å²) in [6.07, 6.45) is 0. The van der Waals surface area contributed by atoms with Crippen molar-refractivity contribution in [1.29, 1.82) is 0 Å². The van der Waals surface area contributed by atoms with Crippen LogP contribution in [0.2, 0.25) is 0 Å². The smallest absolute Gasteiger partial charge is 0.302 e. The van der Waals surface area contributed by atoms with Gasteiger partial charge in [0.15, 0.2) is 0 Å². The first-order valence-electron chi connectivity index (χ1n) is 17.8. The van der Waals surface area contributed by atoms with E-state index in [1.54, 1.807) is 0 Å². The summed E-state index contributed by atoms with van der Waals surface area (Å²) in [6.45, 7) is 0.566. The number of anilines is 2. The Kier molecular flexibility index (Phi) is 6.16. The van der Waals surface area contributed by atoms with Crippen molar-refractivity contribution in [3.05, 3.63) is 174 Å². The second kappa shape index (κ2) is 11.1. The van der Waals surface area contributed by atoms with Gasteiger partial charge < -0.3 is 18.9 Å². The summed E-state index contributed by atoms with van der Waals surface area (Å²) in [4.78, 5) is 2.54. The van der Waals surface area contributed by atoms with Crippen LogP contribution in [0.1, 0.15) is 11.1 Å². The number of amidine groups is 1. The van der Waals surface area contributed by atoms with Gasteiger partial charge in [0.1, 0.15) is 40.3 Å². The second-order valence-electron chi connectivity index (χ2n) is 13.7. The highest BCUT2D eigenvalue weighted by atomic mass is 127. The van der Waals surface area contributed by atoms with Crippen LogP contribution in [0.3, 0.4) is 0 Å². The van der Waals surface area contributed by atoms with E-state index in [-0.39, 0.29) is 0 Å². The molecule has 6 heteroatoms. The number of nitrogens with zero attached hydrogens (tertiary/aromatic N) is 3. The molecule has 5 nitrogen and oxygen atoms in total. The lowest BCUT2D eigenvalue weighted by molar-refractivity contribution is -0.482. The van der Waals surface area contributed by atoms with E-state index < -0.39 is 20.7 Å². The molecule has 12 rings (SSSR count). The van der Waals surface area contributed by atoms with Crippen LogP contribution in [0.5, 0.6) is 0 Å². The van der Waals surface area contributed by atoms with Crippen LogP contribution in [-0.4, -0.2) is 12.2 Å². The largest absolute Gasteiger partial charge is 0.493 e. The molecule has 0 saturated carbocycles. The molecular weight excluding hydrogens is 765 g/mol. The van der Waals surface area contributed by atoms with Crippen molar-refractivity contribution in [2.45, 2.75) is 6.54 Å². The minimum Gasteiger partial charge on any atom is -0.493 e. The zero-order valence-electron chi connectivity index (χ0n) is 28.3. The summed E-state index contributed by atoms with van der Waals surface area (Å²) in [5, 5.41) is 9.46. The summed E-state index contributed by atoms with van der Waals surface area (Å²) in [6, 6.07) is 56.4. The quantitative estimate of drug-likeness (QED) is 0.102. The van der Waals surface area contributed by atoms with E-state index in [2.05, 4.69) is 149 Å². The van der Waals surface area contributed by atoms with Crippen molar-refractivity contribution in [1.82, 2.24) is 0 Å². The van der Waals surface area contributed by atoms with Gasteiger partial charge in [-0.1, -0.05) is 125 Å². The highest BCUT2D eigenvalue weighted by Gasteiger charge is 2.37. The molecular formula is C47H28IN3O2. The van der Waals surface area contributed by atoms with Crippen molar-refractivity contribution in [2.75, 3.05) is 4.90 Å². The van der Waals surface area contributed by atoms with E-state index >= 15 is 0 Å². The standard InChI is InChI=1S/C47H28IN3O2/c1-2-14-32-28(10-1)22-25-37-36-17-7-11-29-12-9-19-39(43(29)36)51(44(32)37)47-48-46(30-23-24-35-33-15-3-5-20-40(33)52-42(35)26-30)49-50(47)27-31-13-8-18-38-34-16-4-6-21-41(34)53-45(31)38/h1-26H,27H2. The number of fused-ring (bicyclic) bond motifs is 10. The zero-order chi connectivity index (χ0) is 34.6. The summed E-state index contributed by atoms with van der Waals surface area (Å²) in [7, 11) is 0. The van der Waals surface area contributed by atoms with Crippen LogP contribution >= 0.6 is 20.7 Å². The second-order valence-corrected chi connectivity index (χ2v) is 16.2. The number of furan rings is 2. The SMILES string of the molecule is c1ccc2c3c(ccc2c1)-c1cccc2cccc(c12)N3C1=[N+](Cc2cccc3c2oc2ccccc23)[N-]C(c2ccc3c(c2)oc2ccccc23)=I1. The molecule has 0 bridgehead atoms. The van der Waals surface area contributed by atoms with Crippen LogP contribution in [0, 0.1) is 0 Å². The third-order valence-electron chi connectivity index (χ3n) is 10.7. The Bertz CT molecular complexity index is 3250.